The molecule has 1 aliphatic heterocycles. The number of aryl methyl sites for hydroxylation is 2. The molecule has 0 atom stereocenters. The number of ether oxygens (including phenoxy) is 2. The summed E-state index contributed by atoms with van der Waals surface area (Å²) in [4.78, 5) is 30.6. The maximum atomic E-state index is 13.1. The Bertz CT molecular complexity index is 1460. The van der Waals surface area contributed by atoms with E-state index in [4.69, 9.17) is 9.47 Å². The zero-order valence-electron chi connectivity index (χ0n) is 20.3. The van der Waals surface area contributed by atoms with E-state index in [1.807, 2.05) is 38.1 Å². The van der Waals surface area contributed by atoms with Crippen molar-refractivity contribution >= 4 is 29.0 Å². The van der Waals surface area contributed by atoms with Gasteiger partial charge in [-0.1, -0.05) is 30.3 Å². The molecule has 1 heterocycles. The van der Waals surface area contributed by atoms with Crippen LogP contribution in [0.3, 0.4) is 0 Å². The van der Waals surface area contributed by atoms with Crippen molar-refractivity contribution in [2.75, 3.05) is 19.5 Å². The van der Waals surface area contributed by atoms with Crippen LogP contribution in [0.4, 0.5) is 5.69 Å². The molecule has 0 radical (unpaired) electrons. The van der Waals surface area contributed by atoms with Gasteiger partial charge in [-0.05, 0) is 55.3 Å². The molecule has 0 spiro atoms. The summed E-state index contributed by atoms with van der Waals surface area (Å²) in [5.41, 5.74) is 4.11. The molecule has 0 saturated heterocycles. The summed E-state index contributed by atoms with van der Waals surface area (Å²) in [5, 5.41) is 15.4. The van der Waals surface area contributed by atoms with Crippen LogP contribution < -0.4 is 20.1 Å². The lowest BCUT2D eigenvalue weighted by Gasteiger charge is -2.10. The normalized spacial score (nSPS) is 13.1. The van der Waals surface area contributed by atoms with E-state index >= 15 is 0 Å². The van der Waals surface area contributed by atoms with E-state index in [9.17, 15) is 14.9 Å². The van der Waals surface area contributed by atoms with Gasteiger partial charge in [0.15, 0.2) is 11.5 Å². The van der Waals surface area contributed by atoms with Gasteiger partial charge in [0.05, 0.1) is 19.9 Å². The number of carbonyl (C=O) groups excluding carboxylic acids is 2. The first-order valence-electron chi connectivity index (χ1n) is 11.1. The molecule has 0 unspecified atom stereocenters. The van der Waals surface area contributed by atoms with Crippen LogP contribution >= 0.6 is 0 Å². The molecule has 3 aromatic carbocycles. The van der Waals surface area contributed by atoms with Crippen molar-refractivity contribution < 1.29 is 19.1 Å². The summed E-state index contributed by atoms with van der Waals surface area (Å²) in [6.07, 6.45) is 0. The van der Waals surface area contributed by atoms with Crippen molar-refractivity contribution in [1.82, 2.24) is 5.32 Å². The van der Waals surface area contributed by atoms with Crippen LogP contribution in [0.5, 0.6) is 11.5 Å². The minimum atomic E-state index is -0.580. The summed E-state index contributed by atoms with van der Waals surface area (Å²) >= 11 is 0. The second kappa shape index (κ2) is 10.2. The summed E-state index contributed by atoms with van der Waals surface area (Å²) in [7, 11) is 3.00. The number of hydrogen-bond donors (Lipinski definition) is 2. The fourth-order valence-corrected chi connectivity index (χ4v) is 4.02. The van der Waals surface area contributed by atoms with Crippen LogP contribution in [-0.4, -0.2) is 31.9 Å². The van der Waals surface area contributed by atoms with E-state index < -0.39 is 11.8 Å². The van der Waals surface area contributed by atoms with Gasteiger partial charge in [-0.2, -0.15) is 5.26 Å². The molecule has 36 heavy (non-hydrogen) atoms. The lowest BCUT2D eigenvalue weighted by atomic mass is 10.0. The van der Waals surface area contributed by atoms with Crippen molar-refractivity contribution in [3.05, 3.63) is 94.1 Å². The Labute approximate surface area is 208 Å². The molecular formula is C28H24N4O4. The number of aliphatic imine (C=N–C) groups is 1. The number of rotatable bonds is 5. The smallest absolute Gasteiger partial charge is 0.268 e. The molecule has 180 valence electrons. The number of nitrogens with zero attached hydrogens (tertiary/aromatic N) is 2. The fourth-order valence-electron chi connectivity index (χ4n) is 4.02. The monoisotopic (exact) mass is 480 g/mol. The molecular weight excluding hydrogens is 456 g/mol. The SMILES string of the molecule is COc1ccc(C(=O)NC2=NC(=C(C#N)C(=O)Nc3cc(C)cc(C)c3)c3ccccc32)cc1OC. The maximum Gasteiger partial charge on any atom is 0.268 e. The van der Waals surface area contributed by atoms with Gasteiger partial charge < -0.3 is 20.1 Å². The van der Waals surface area contributed by atoms with E-state index in [2.05, 4.69) is 15.6 Å². The van der Waals surface area contributed by atoms with Crippen LogP contribution in [0.1, 0.15) is 32.6 Å². The molecule has 1 aliphatic rings. The molecule has 2 N–H and O–H groups in total. The van der Waals surface area contributed by atoms with Crippen LogP contribution in [-0.2, 0) is 4.79 Å². The van der Waals surface area contributed by atoms with Crippen molar-refractivity contribution in [2.45, 2.75) is 13.8 Å². The van der Waals surface area contributed by atoms with Gasteiger partial charge in [-0.3, -0.25) is 9.59 Å². The summed E-state index contributed by atoms with van der Waals surface area (Å²) in [6, 6.07) is 19.5. The average Bonchev–Trinajstić information content (AvgIpc) is 3.21. The zero-order valence-corrected chi connectivity index (χ0v) is 20.3. The Hall–Kier alpha value is -4.90. The molecule has 0 aliphatic carbocycles. The first-order chi connectivity index (χ1) is 17.3. The molecule has 0 saturated carbocycles. The first kappa shape index (κ1) is 24.2. The lowest BCUT2D eigenvalue weighted by Crippen LogP contribution is -2.30. The van der Waals surface area contributed by atoms with Crippen molar-refractivity contribution in [3.63, 3.8) is 0 Å². The van der Waals surface area contributed by atoms with Crippen LogP contribution in [0, 0.1) is 25.2 Å². The number of nitriles is 1. The third kappa shape index (κ3) is 4.81. The van der Waals surface area contributed by atoms with Crippen LogP contribution in [0.15, 0.2) is 71.2 Å². The number of amidine groups is 1. The fraction of sp³-hybridized carbons (Fsp3) is 0.143. The van der Waals surface area contributed by atoms with Gasteiger partial charge in [0.2, 0.25) is 0 Å². The van der Waals surface area contributed by atoms with E-state index in [0.29, 0.717) is 33.9 Å². The Morgan fingerprint density at radius 1 is 0.861 bits per heavy atom. The molecule has 0 bridgehead atoms. The Kier molecular flexibility index (Phi) is 6.84. The molecule has 8 nitrogen and oxygen atoms in total. The Morgan fingerprint density at radius 2 is 1.53 bits per heavy atom. The zero-order chi connectivity index (χ0) is 25.8. The topological polar surface area (TPSA) is 113 Å². The highest BCUT2D eigenvalue weighted by molar-refractivity contribution is 6.21. The number of carbonyl (C=O) groups is 2. The average molecular weight is 481 g/mol. The van der Waals surface area contributed by atoms with Crippen molar-refractivity contribution in [1.29, 1.82) is 5.26 Å². The van der Waals surface area contributed by atoms with Gasteiger partial charge in [0.25, 0.3) is 11.8 Å². The van der Waals surface area contributed by atoms with Crippen molar-refractivity contribution in [2.24, 2.45) is 4.99 Å². The highest BCUT2D eigenvalue weighted by Gasteiger charge is 2.27. The minimum Gasteiger partial charge on any atom is -0.493 e. The number of amides is 2. The maximum absolute atomic E-state index is 13.1. The largest absolute Gasteiger partial charge is 0.493 e. The Morgan fingerprint density at radius 3 is 2.17 bits per heavy atom. The number of fused-ring (bicyclic) bond motifs is 1. The highest BCUT2D eigenvalue weighted by Crippen LogP contribution is 2.32. The van der Waals surface area contributed by atoms with E-state index in [1.165, 1.54) is 14.2 Å². The third-order valence-corrected chi connectivity index (χ3v) is 5.59. The molecule has 4 rings (SSSR count). The highest BCUT2D eigenvalue weighted by atomic mass is 16.5. The van der Waals surface area contributed by atoms with Gasteiger partial charge in [-0.15, -0.1) is 0 Å². The second-order valence-electron chi connectivity index (χ2n) is 8.20. The summed E-state index contributed by atoms with van der Waals surface area (Å²) < 4.78 is 10.5. The standard InChI is InChI=1S/C28H24N4O4/c1-16-11-17(2)13-19(12-16)30-28(34)22(15-29)25-20-7-5-6-8-21(20)26(31-25)32-27(33)18-9-10-23(35-3)24(14-18)36-4/h5-14H,1-4H3,(H,30,34)(H,31,32,33). The number of nitrogens with one attached hydrogen (secondary N) is 2. The number of methoxy groups -OCH3 is 2. The number of anilines is 1. The quantitative estimate of drug-likeness (QED) is 0.416. The van der Waals surface area contributed by atoms with E-state index in [0.717, 1.165) is 11.1 Å². The predicted octanol–water partition coefficient (Wildman–Crippen LogP) is 4.38. The molecule has 3 aromatic rings. The first-order valence-corrected chi connectivity index (χ1v) is 11.1. The van der Waals surface area contributed by atoms with Gasteiger partial charge in [-0.25, -0.2) is 4.99 Å². The summed E-state index contributed by atoms with van der Waals surface area (Å²) in [5.74, 6) is 0.144. The van der Waals surface area contributed by atoms with E-state index in [1.54, 1.807) is 42.5 Å². The lowest BCUT2D eigenvalue weighted by molar-refractivity contribution is -0.112. The van der Waals surface area contributed by atoms with E-state index in [-0.39, 0.29) is 17.1 Å². The number of benzene rings is 3. The van der Waals surface area contributed by atoms with Crippen molar-refractivity contribution in [3.8, 4) is 17.6 Å². The van der Waals surface area contributed by atoms with Crippen LogP contribution in [0.25, 0.3) is 5.70 Å². The van der Waals surface area contributed by atoms with Gasteiger partial charge >= 0.3 is 0 Å². The third-order valence-electron chi connectivity index (χ3n) is 5.59. The van der Waals surface area contributed by atoms with Gasteiger partial charge in [0, 0.05) is 22.4 Å². The second-order valence-corrected chi connectivity index (χ2v) is 8.20. The minimum absolute atomic E-state index is 0.156. The number of hydrogen-bond acceptors (Lipinski definition) is 6. The van der Waals surface area contributed by atoms with Crippen LogP contribution in [0.2, 0.25) is 0 Å². The summed E-state index contributed by atoms with van der Waals surface area (Å²) in [6.45, 7) is 3.86. The van der Waals surface area contributed by atoms with Gasteiger partial charge in [0.1, 0.15) is 17.5 Å². The predicted molar refractivity (Wildman–Crippen MR) is 137 cm³/mol. The molecule has 2 amide bonds. The Balaban J connectivity index is 1.68. The molecule has 0 aromatic heterocycles. The molecule has 0 fully saturated rings. The molecule has 8 heteroatoms.